The van der Waals surface area contributed by atoms with Crippen LogP contribution in [-0.2, 0) is 4.79 Å². The zero-order chi connectivity index (χ0) is 10.1. The third-order valence-corrected chi connectivity index (χ3v) is 1.73. The van der Waals surface area contributed by atoms with Crippen molar-refractivity contribution in [3.63, 3.8) is 0 Å². The van der Waals surface area contributed by atoms with E-state index in [0.29, 0.717) is 19.5 Å². The first-order valence-corrected chi connectivity index (χ1v) is 4.60. The van der Waals surface area contributed by atoms with Crippen molar-refractivity contribution in [2.75, 3.05) is 19.6 Å². The molecule has 0 aliphatic heterocycles. The maximum atomic E-state index is 11.1. The minimum absolute atomic E-state index is 0.163. The molecule has 0 bridgehead atoms. The van der Waals surface area contributed by atoms with Gasteiger partial charge in [0.2, 0.25) is 5.91 Å². The molecule has 13 heavy (non-hydrogen) atoms. The van der Waals surface area contributed by atoms with Gasteiger partial charge in [0.15, 0.2) is 0 Å². The minimum atomic E-state index is -0.446. The van der Waals surface area contributed by atoms with Gasteiger partial charge in [0.1, 0.15) is 0 Å². The molecule has 0 rings (SSSR count). The van der Waals surface area contributed by atoms with Crippen molar-refractivity contribution in [2.45, 2.75) is 25.3 Å². The zero-order valence-corrected chi connectivity index (χ0v) is 7.88. The summed E-state index contributed by atoms with van der Waals surface area (Å²) in [5, 5.41) is 2.58. The van der Waals surface area contributed by atoms with Crippen LogP contribution in [0, 0.1) is 0 Å². The van der Waals surface area contributed by atoms with E-state index in [-0.39, 0.29) is 12.5 Å². The molecule has 0 aromatic heterocycles. The molecular formula is C8H19N4O. The van der Waals surface area contributed by atoms with E-state index in [2.05, 4.69) is 5.32 Å². The Morgan fingerprint density at radius 3 is 2.69 bits per heavy atom. The summed E-state index contributed by atoms with van der Waals surface area (Å²) in [5.41, 5.74) is 17.7. The summed E-state index contributed by atoms with van der Waals surface area (Å²) in [4.78, 5) is 11.1. The Morgan fingerprint density at radius 1 is 1.46 bits per heavy atom. The Morgan fingerprint density at radius 2 is 2.15 bits per heavy atom. The highest BCUT2D eigenvalue weighted by atomic mass is 16.2. The van der Waals surface area contributed by atoms with E-state index in [1.165, 1.54) is 0 Å². The van der Waals surface area contributed by atoms with Gasteiger partial charge in [-0.1, -0.05) is 6.42 Å². The molecule has 1 unspecified atom stereocenters. The lowest BCUT2D eigenvalue weighted by Crippen LogP contribution is -2.41. The second kappa shape index (κ2) is 7.97. The summed E-state index contributed by atoms with van der Waals surface area (Å²) >= 11 is 0. The summed E-state index contributed by atoms with van der Waals surface area (Å²) < 4.78 is 0. The molecule has 0 aromatic carbocycles. The molecular weight excluding hydrogens is 168 g/mol. The van der Waals surface area contributed by atoms with Crippen LogP contribution >= 0.6 is 0 Å². The molecule has 5 nitrogen and oxygen atoms in total. The molecule has 1 amide bonds. The zero-order valence-electron chi connectivity index (χ0n) is 7.88. The first-order chi connectivity index (χ1) is 6.22. The van der Waals surface area contributed by atoms with Crippen molar-refractivity contribution in [3.05, 3.63) is 0 Å². The molecule has 77 valence electrons. The van der Waals surface area contributed by atoms with Crippen LogP contribution in [0.25, 0.3) is 0 Å². The molecule has 1 radical (unpaired) electrons. The first kappa shape index (κ1) is 12.3. The Kier molecular flexibility index (Phi) is 7.57. The van der Waals surface area contributed by atoms with Crippen LogP contribution in [0.3, 0.4) is 0 Å². The first-order valence-electron chi connectivity index (χ1n) is 4.60. The monoisotopic (exact) mass is 187 g/mol. The highest BCUT2D eigenvalue weighted by Crippen LogP contribution is 1.97. The Labute approximate surface area is 79.0 Å². The Balaban J connectivity index is 3.45. The fraction of sp³-hybridized carbons (Fsp3) is 0.875. The summed E-state index contributed by atoms with van der Waals surface area (Å²) in [6, 6.07) is -0.446. The minimum Gasteiger partial charge on any atom is -0.353 e. The van der Waals surface area contributed by atoms with E-state index >= 15 is 0 Å². The van der Waals surface area contributed by atoms with Crippen molar-refractivity contribution < 1.29 is 4.79 Å². The van der Waals surface area contributed by atoms with Crippen LogP contribution in [0.5, 0.6) is 0 Å². The Hall–Kier alpha value is -0.650. The molecule has 5 heteroatoms. The van der Waals surface area contributed by atoms with Crippen molar-refractivity contribution in [1.29, 1.82) is 0 Å². The maximum absolute atomic E-state index is 11.1. The standard InChI is InChI=1S/C8H19N4O/c9-4-2-1-3-7(11)8(13)12-6-5-10/h7,10H,1-6,9,11H2,(H,12,13). The quantitative estimate of drug-likeness (QED) is 0.438. The largest absolute Gasteiger partial charge is 0.353 e. The molecule has 0 fully saturated rings. The number of hydrogen-bond donors (Lipinski definition) is 3. The van der Waals surface area contributed by atoms with Crippen LogP contribution in [0.2, 0.25) is 0 Å². The molecule has 0 aliphatic rings. The van der Waals surface area contributed by atoms with Gasteiger partial charge >= 0.3 is 0 Å². The predicted octanol–water partition coefficient (Wildman–Crippen LogP) is -1.16. The number of amides is 1. The highest BCUT2D eigenvalue weighted by Gasteiger charge is 2.11. The SMILES string of the molecule is [NH]CCNC(=O)C(N)CCCCN. The topological polar surface area (TPSA) is 105 Å². The second-order valence-corrected chi connectivity index (χ2v) is 2.93. The van der Waals surface area contributed by atoms with Crippen LogP contribution in [-0.4, -0.2) is 31.6 Å². The van der Waals surface area contributed by atoms with Gasteiger partial charge in [0.05, 0.1) is 6.04 Å². The van der Waals surface area contributed by atoms with Gasteiger partial charge in [-0.05, 0) is 19.4 Å². The lowest BCUT2D eigenvalue weighted by molar-refractivity contribution is -0.122. The summed E-state index contributed by atoms with van der Waals surface area (Å²) in [7, 11) is 0. The van der Waals surface area contributed by atoms with Gasteiger partial charge in [-0.25, -0.2) is 0 Å². The van der Waals surface area contributed by atoms with E-state index in [9.17, 15) is 4.79 Å². The van der Waals surface area contributed by atoms with Crippen LogP contribution in [0.4, 0.5) is 0 Å². The molecule has 0 aromatic rings. The third-order valence-electron chi connectivity index (χ3n) is 1.73. The van der Waals surface area contributed by atoms with E-state index in [1.54, 1.807) is 0 Å². The van der Waals surface area contributed by atoms with Crippen molar-refractivity contribution in [1.82, 2.24) is 11.1 Å². The van der Waals surface area contributed by atoms with Crippen molar-refractivity contribution >= 4 is 5.91 Å². The Bertz CT molecular complexity index is 140. The average Bonchev–Trinajstić information content (AvgIpc) is 2.14. The number of unbranched alkanes of at least 4 members (excludes halogenated alkanes) is 1. The molecule has 0 aliphatic carbocycles. The molecule has 0 saturated carbocycles. The third kappa shape index (κ3) is 6.51. The van der Waals surface area contributed by atoms with Crippen molar-refractivity contribution in [3.8, 4) is 0 Å². The van der Waals surface area contributed by atoms with Gasteiger partial charge in [0, 0.05) is 13.1 Å². The van der Waals surface area contributed by atoms with Gasteiger partial charge in [-0.15, -0.1) is 0 Å². The summed E-state index contributed by atoms with van der Waals surface area (Å²) in [6.45, 7) is 1.21. The van der Waals surface area contributed by atoms with Gasteiger partial charge in [0.25, 0.3) is 0 Å². The molecule has 1 atom stereocenters. The van der Waals surface area contributed by atoms with E-state index in [1.807, 2.05) is 0 Å². The predicted molar refractivity (Wildman–Crippen MR) is 51.9 cm³/mol. The number of carbonyl (C=O) groups is 1. The van der Waals surface area contributed by atoms with Crippen LogP contribution in [0.15, 0.2) is 0 Å². The van der Waals surface area contributed by atoms with E-state index in [4.69, 9.17) is 17.2 Å². The average molecular weight is 187 g/mol. The molecule has 6 N–H and O–H groups in total. The van der Waals surface area contributed by atoms with Crippen LogP contribution < -0.4 is 22.5 Å². The maximum Gasteiger partial charge on any atom is 0.236 e. The number of nitrogens with one attached hydrogen (secondary N) is 2. The fourth-order valence-electron chi connectivity index (χ4n) is 0.956. The smallest absolute Gasteiger partial charge is 0.236 e. The van der Waals surface area contributed by atoms with Gasteiger partial charge in [-0.3, -0.25) is 10.5 Å². The summed E-state index contributed by atoms with van der Waals surface area (Å²) in [5.74, 6) is -0.163. The summed E-state index contributed by atoms with van der Waals surface area (Å²) in [6.07, 6.45) is 2.45. The molecule has 0 heterocycles. The van der Waals surface area contributed by atoms with E-state index in [0.717, 1.165) is 12.8 Å². The lowest BCUT2D eigenvalue weighted by atomic mass is 10.1. The fourth-order valence-corrected chi connectivity index (χ4v) is 0.956. The normalized spacial score (nSPS) is 12.5. The van der Waals surface area contributed by atoms with Gasteiger partial charge < -0.3 is 16.8 Å². The van der Waals surface area contributed by atoms with E-state index < -0.39 is 6.04 Å². The molecule has 0 spiro atoms. The van der Waals surface area contributed by atoms with Gasteiger partial charge in [-0.2, -0.15) is 0 Å². The van der Waals surface area contributed by atoms with Crippen LogP contribution in [0.1, 0.15) is 19.3 Å². The number of carbonyl (C=O) groups excluding carboxylic acids is 1. The molecule has 0 saturated heterocycles. The number of rotatable bonds is 7. The lowest BCUT2D eigenvalue weighted by Gasteiger charge is -2.10. The number of hydrogen-bond acceptors (Lipinski definition) is 3. The second-order valence-electron chi connectivity index (χ2n) is 2.93. The number of nitrogens with two attached hydrogens (primary N) is 2. The highest BCUT2D eigenvalue weighted by molar-refractivity contribution is 5.81. The van der Waals surface area contributed by atoms with Crippen molar-refractivity contribution in [2.24, 2.45) is 11.5 Å².